The van der Waals surface area contributed by atoms with Crippen LogP contribution in [0.1, 0.15) is 65.6 Å². The fourth-order valence-electron chi connectivity index (χ4n) is 6.54. The summed E-state index contributed by atoms with van der Waals surface area (Å²) in [4.78, 5) is 44.9. The van der Waals surface area contributed by atoms with Gasteiger partial charge in [-0.1, -0.05) is 54.8 Å². The summed E-state index contributed by atoms with van der Waals surface area (Å²) in [6, 6.07) is 22.0. The van der Waals surface area contributed by atoms with E-state index in [1.165, 1.54) is 0 Å². The largest absolute Gasteiger partial charge is 0.497 e. The maximum Gasteiger partial charge on any atom is 0.254 e. The Labute approximate surface area is 260 Å². The number of rotatable bonds is 10. The third-order valence-electron chi connectivity index (χ3n) is 8.88. The van der Waals surface area contributed by atoms with Gasteiger partial charge in [-0.05, 0) is 80.1 Å². The highest BCUT2D eigenvalue weighted by Crippen LogP contribution is 2.28. The second kappa shape index (κ2) is 14.4. The molecule has 1 N–H and O–H groups in total. The minimum Gasteiger partial charge on any atom is -0.497 e. The Balaban J connectivity index is 1.33. The number of ether oxygens (including phenoxy) is 2. The van der Waals surface area contributed by atoms with E-state index in [2.05, 4.69) is 11.4 Å². The lowest BCUT2D eigenvalue weighted by Crippen LogP contribution is -2.57. The van der Waals surface area contributed by atoms with Gasteiger partial charge in [0.2, 0.25) is 11.8 Å². The van der Waals surface area contributed by atoms with Gasteiger partial charge < -0.3 is 24.6 Å². The maximum atomic E-state index is 14.1. The molecule has 1 aliphatic carbocycles. The van der Waals surface area contributed by atoms with Crippen LogP contribution >= 0.6 is 0 Å². The van der Waals surface area contributed by atoms with Crippen LogP contribution < -0.4 is 14.8 Å². The summed E-state index contributed by atoms with van der Waals surface area (Å²) in [7, 11) is 3.22. The van der Waals surface area contributed by atoms with Crippen molar-refractivity contribution in [2.24, 2.45) is 0 Å². The minimum atomic E-state index is -0.508. The average molecular weight is 598 g/mol. The molecule has 3 aromatic carbocycles. The molecule has 3 amide bonds. The molecular weight excluding hydrogens is 554 g/mol. The third-order valence-corrected chi connectivity index (χ3v) is 8.88. The van der Waals surface area contributed by atoms with Gasteiger partial charge in [0.25, 0.3) is 5.91 Å². The predicted octanol–water partition coefficient (Wildman–Crippen LogP) is 5.32. The Bertz CT molecular complexity index is 1440. The Hall–Kier alpha value is -4.33. The number of nitrogens with zero attached hydrogens (tertiary/aromatic N) is 2. The van der Waals surface area contributed by atoms with Gasteiger partial charge in [-0.25, -0.2) is 0 Å². The van der Waals surface area contributed by atoms with E-state index in [9.17, 15) is 14.4 Å². The number of likely N-dealkylation sites (tertiary alicyclic amines) is 1. The van der Waals surface area contributed by atoms with Gasteiger partial charge in [-0.15, -0.1) is 0 Å². The number of hydrogen-bond donors (Lipinski definition) is 1. The van der Waals surface area contributed by atoms with Crippen molar-refractivity contribution >= 4 is 17.7 Å². The Kier molecular flexibility index (Phi) is 10.2. The molecule has 8 nitrogen and oxygen atoms in total. The summed E-state index contributed by atoms with van der Waals surface area (Å²) < 4.78 is 10.5. The summed E-state index contributed by atoms with van der Waals surface area (Å²) in [6.45, 7) is 3.06. The van der Waals surface area contributed by atoms with Crippen molar-refractivity contribution in [3.8, 4) is 11.5 Å². The Morgan fingerprint density at radius 1 is 0.841 bits per heavy atom. The molecule has 0 bridgehead atoms. The van der Waals surface area contributed by atoms with Crippen molar-refractivity contribution in [2.45, 2.75) is 76.5 Å². The van der Waals surface area contributed by atoms with Crippen LogP contribution in [-0.2, 0) is 22.6 Å². The molecule has 44 heavy (non-hydrogen) atoms. The first-order valence-electron chi connectivity index (χ1n) is 15.6. The lowest BCUT2D eigenvalue weighted by molar-refractivity contribution is -0.138. The number of methoxy groups -OCH3 is 2. The standard InChI is InChI=1S/C36H43N3O5/c1-25-8-6-9-27(22-25)24-39(36(42)28-15-19-30(44-3)20-16-28)32-11-5-4-10-31(32)37-35(41)33-12-7-21-38(33)34(40)23-26-13-17-29(43-2)18-14-26/h6,8-9,13-20,22,31-33H,4-5,7,10-12,21,23-24H2,1-3H3,(H,37,41)/t31?,32-,33-/m1/s1. The molecule has 2 aliphatic rings. The first-order chi connectivity index (χ1) is 21.4. The van der Waals surface area contributed by atoms with Crippen molar-refractivity contribution in [3.05, 3.63) is 95.1 Å². The zero-order valence-corrected chi connectivity index (χ0v) is 26.0. The molecule has 1 heterocycles. The molecule has 1 saturated carbocycles. The third kappa shape index (κ3) is 7.41. The smallest absolute Gasteiger partial charge is 0.254 e. The molecule has 0 aromatic heterocycles. The van der Waals surface area contributed by atoms with E-state index in [0.717, 1.165) is 54.5 Å². The number of nitrogens with one attached hydrogen (secondary N) is 1. The number of aryl methyl sites for hydroxylation is 1. The number of carbonyl (C=O) groups excluding carboxylic acids is 3. The van der Waals surface area contributed by atoms with E-state index in [1.807, 2.05) is 54.3 Å². The Morgan fingerprint density at radius 3 is 2.20 bits per heavy atom. The highest BCUT2D eigenvalue weighted by atomic mass is 16.5. The summed E-state index contributed by atoms with van der Waals surface area (Å²) >= 11 is 0. The average Bonchev–Trinajstić information content (AvgIpc) is 3.55. The van der Waals surface area contributed by atoms with Gasteiger partial charge in [0.1, 0.15) is 17.5 Å². The van der Waals surface area contributed by atoms with E-state index in [-0.39, 0.29) is 36.2 Å². The first-order valence-corrected chi connectivity index (χ1v) is 15.6. The molecule has 2 fully saturated rings. The number of amides is 3. The quantitative estimate of drug-likeness (QED) is 0.342. The molecule has 0 spiro atoms. The van der Waals surface area contributed by atoms with Gasteiger partial charge in [0.05, 0.1) is 26.7 Å². The van der Waals surface area contributed by atoms with E-state index >= 15 is 0 Å². The molecule has 1 aliphatic heterocycles. The maximum absolute atomic E-state index is 14.1. The van der Waals surface area contributed by atoms with E-state index in [4.69, 9.17) is 9.47 Å². The molecule has 5 rings (SSSR count). The van der Waals surface area contributed by atoms with Gasteiger partial charge >= 0.3 is 0 Å². The molecule has 3 atom stereocenters. The lowest BCUT2D eigenvalue weighted by atomic mass is 9.88. The predicted molar refractivity (Wildman–Crippen MR) is 170 cm³/mol. The van der Waals surface area contributed by atoms with Crippen molar-refractivity contribution in [1.82, 2.24) is 15.1 Å². The zero-order chi connectivity index (χ0) is 31.1. The van der Waals surface area contributed by atoms with Crippen LogP contribution in [0.25, 0.3) is 0 Å². The first kappa shape index (κ1) is 31.1. The molecule has 0 radical (unpaired) electrons. The van der Waals surface area contributed by atoms with Crippen molar-refractivity contribution < 1.29 is 23.9 Å². The van der Waals surface area contributed by atoms with Crippen molar-refractivity contribution in [2.75, 3.05) is 20.8 Å². The molecule has 1 unspecified atom stereocenters. The minimum absolute atomic E-state index is 0.0521. The summed E-state index contributed by atoms with van der Waals surface area (Å²) in [5, 5.41) is 3.31. The molecule has 8 heteroatoms. The fourth-order valence-corrected chi connectivity index (χ4v) is 6.54. The summed E-state index contributed by atoms with van der Waals surface area (Å²) in [5.41, 5.74) is 3.65. The normalized spacial score (nSPS) is 19.7. The monoisotopic (exact) mass is 597 g/mol. The molecule has 1 saturated heterocycles. The summed E-state index contributed by atoms with van der Waals surface area (Å²) in [5.74, 6) is 1.18. The van der Waals surface area contributed by atoms with Crippen LogP contribution in [0, 0.1) is 6.92 Å². The highest BCUT2D eigenvalue weighted by Gasteiger charge is 2.39. The van der Waals surface area contributed by atoms with Crippen molar-refractivity contribution in [1.29, 1.82) is 0 Å². The van der Waals surface area contributed by atoms with Crippen LogP contribution in [0.5, 0.6) is 11.5 Å². The van der Waals surface area contributed by atoms with E-state index in [0.29, 0.717) is 30.8 Å². The molecule has 3 aromatic rings. The van der Waals surface area contributed by atoms with E-state index in [1.54, 1.807) is 43.4 Å². The van der Waals surface area contributed by atoms with Gasteiger partial charge in [0.15, 0.2) is 0 Å². The van der Waals surface area contributed by atoms with Gasteiger partial charge in [0, 0.05) is 24.7 Å². The van der Waals surface area contributed by atoms with Crippen LogP contribution in [-0.4, -0.2) is 66.4 Å². The van der Waals surface area contributed by atoms with Crippen LogP contribution in [0.15, 0.2) is 72.8 Å². The SMILES string of the molecule is COc1ccc(CC(=O)N2CCC[C@@H]2C(=O)NC2CCCC[C@H]2N(Cc2cccc(C)c2)C(=O)c2ccc(OC)cc2)cc1. The summed E-state index contributed by atoms with van der Waals surface area (Å²) in [6.07, 6.45) is 5.19. The van der Waals surface area contributed by atoms with Crippen LogP contribution in [0.2, 0.25) is 0 Å². The number of carbonyl (C=O) groups is 3. The molecular formula is C36H43N3O5. The van der Waals surface area contributed by atoms with Gasteiger partial charge in [-0.2, -0.15) is 0 Å². The molecule has 232 valence electrons. The Morgan fingerprint density at radius 2 is 1.52 bits per heavy atom. The van der Waals surface area contributed by atoms with Gasteiger partial charge in [-0.3, -0.25) is 14.4 Å². The van der Waals surface area contributed by atoms with E-state index < -0.39 is 6.04 Å². The lowest BCUT2D eigenvalue weighted by Gasteiger charge is -2.41. The number of benzene rings is 3. The number of hydrogen-bond acceptors (Lipinski definition) is 5. The second-order valence-corrected chi connectivity index (χ2v) is 11.9. The van der Waals surface area contributed by atoms with Crippen LogP contribution in [0.3, 0.4) is 0 Å². The fraction of sp³-hybridized carbons (Fsp3) is 0.417. The van der Waals surface area contributed by atoms with Crippen molar-refractivity contribution in [3.63, 3.8) is 0 Å². The topological polar surface area (TPSA) is 88.2 Å². The highest BCUT2D eigenvalue weighted by molar-refractivity contribution is 5.95. The zero-order valence-electron chi connectivity index (χ0n) is 26.0. The second-order valence-electron chi connectivity index (χ2n) is 11.9. The van der Waals surface area contributed by atoms with Crippen LogP contribution in [0.4, 0.5) is 0 Å².